The smallest absolute Gasteiger partial charge is 0.258 e. The molecule has 0 saturated carbocycles. The number of ether oxygens (including phenoxy) is 1. The molecule has 7 nitrogen and oxygen atoms in total. The van der Waals surface area contributed by atoms with Gasteiger partial charge in [0.05, 0.1) is 12.8 Å². The maximum atomic E-state index is 11.6. The molecule has 0 radical (unpaired) electrons. The van der Waals surface area contributed by atoms with Gasteiger partial charge in [0.1, 0.15) is 11.5 Å². The zero-order chi connectivity index (χ0) is 15.1. The topological polar surface area (TPSA) is 110 Å². The lowest BCUT2D eigenvalue weighted by molar-refractivity contribution is -0.123. The normalized spacial score (nSPS) is 11.1. The van der Waals surface area contributed by atoms with Crippen molar-refractivity contribution in [2.45, 2.75) is 6.54 Å². The summed E-state index contributed by atoms with van der Waals surface area (Å²) >= 11 is 0. The van der Waals surface area contributed by atoms with Crippen molar-refractivity contribution in [3.63, 3.8) is 0 Å². The molecule has 1 heterocycles. The van der Waals surface area contributed by atoms with Gasteiger partial charge in [0, 0.05) is 5.56 Å². The number of amidine groups is 1. The lowest BCUT2D eigenvalue weighted by Crippen LogP contribution is -2.28. The van der Waals surface area contributed by atoms with Crippen LogP contribution in [-0.2, 0) is 11.3 Å². The van der Waals surface area contributed by atoms with Crippen LogP contribution in [0.25, 0.3) is 0 Å². The molecule has 0 fully saturated rings. The van der Waals surface area contributed by atoms with Crippen LogP contribution in [0.4, 0.5) is 0 Å². The second-order valence-corrected chi connectivity index (χ2v) is 4.15. The number of nitrogens with zero attached hydrogens (tertiary/aromatic N) is 1. The van der Waals surface area contributed by atoms with Crippen molar-refractivity contribution in [1.29, 1.82) is 0 Å². The Labute approximate surface area is 121 Å². The third-order valence-corrected chi connectivity index (χ3v) is 2.67. The van der Waals surface area contributed by atoms with Crippen molar-refractivity contribution >= 4 is 11.7 Å². The first kappa shape index (κ1) is 14.4. The van der Waals surface area contributed by atoms with E-state index in [0.717, 1.165) is 0 Å². The number of furan rings is 1. The zero-order valence-corrected chi connectivity index (χ0v) is 11.2. The molecule has 0 aliphatic heterocycles. The summed E-state index contributed by atoms with van der Waals surface area (Å²) in [6.45, 7) is 0.210. The minimum atomic E-state index is -0.257. The van der Waals surface area contributed by atoms with Gasteiger partial charge >= 0.3 is 0 Å². The molecule has 0 aliphatic rings. The van der Waals surface area contributed by atoms with E-state index >= 15 is 0 Å². The molecule has 4 N–H and O–H groups in total. The highest BCUT2D eigenvalue weighted by atomic mass is 16.5. The van der Waals surface area contributed by atoms with E-state index in [9.17, 15) is 4.79 Å². The van der Waals surface area contributed by atoms with Gasteiger partial charge in [-0.25, -0.2) is 0 Å². The Morgan fingerprint density at radius 3 is 2.71 bits per heavy atom. The maximum Gasteiger partial charge on any atom is 0.258 e. The van der Waals surface area contributed by atoms with Crippen molar-refractivity contribution < 1.29 is 19.2 Å². The van der Waals surface area contributed by atoms with E-state index in [-0.39, 0.29) is 18.3 Å². The first-order chi connectivity index (χ1) is 10.2. The number of hydrogen-bond acceptors (Lipinski definition) is 5. The molecule has 0 unspecified atom stereocenters. The Hall–Kier alpha value is -2.96. The molecule has 110 valence electrons. The Morgan fingerprint density at radius 1 is 1.33 bits per heavy atom. The second-order valence-electron chi connectivity index (χ2n) is 4.15. The number of amides is 1. The molecule has 1 aromatic heterocycles. The fraction of sp³-hybridized carbons (Fsp3) is 0.143. The standard InChI is InChI=1S/C14H15N3O4/c15-14(17-19)10-3-5-11(6-4-10)21-9-13(18)16-8-12-2-1-7-20-12/h1-7,19H,8-9H2,(H2,15,17)(H,16,18). The lowest BCUT2D eigenvalue weighted by atomic mass is 10.2. The van der Waals surface area contributed by atoms with Gasteiger partial charge in [0.25, 0.3) is 5.91 Å². The van der Waals surface area contributed by atoms with E-state index in [4.69, 9.17) is 20.1 Å². The SMILES string of the molecule is N/C(=N\O)c1ccc(OCC(=O)NCc2ccco2)cc1. The van der Waals surface area contributed by atoms with E-state index in [2.05, 4.69) is 10.5 Å². The quantitative estimate of drug-likeness (QED) is 0.319. The first-order valence-electron chi connectivity index (χ1n) is 6.19. The molecule has 0 spiro atoms. The van der Waals surface area contributed by atoms with Crippen LogP contribution < -0.4 is 15.8 Å². The second kappa shape index (κ2) is 6.99. The molecule has 7 heteroatoms. The van der Waals surface area contributed by atoms with E-state index < -0.39 is 0 Å². The Bertz CT molecular complexity index is 606. The fourth-order valence-corrected chi connectivity index (χ4v) is 1.58. The van der Waals surface area contributed by atoms with Crippen LogP contribution in [0.5, 0.6) is 5.75 Å². The summed E-state index contributed by atoms with van der Waals surface area (Å²) in [6, 6.07) is 10.0. The minimum absolute atomic E-state index is 0.0118. The van der Waals surface area contributed by atoms with Crippen LogP contribution in [0.2, 0.25) is 0 Å². The average Bonchev–Trinajstić information content (AvgIpc) is 3.04. The molecular formula is C14H15N3O4. The maximum absolute atomic E-state index is 11.6. The van der Waals surface area contributed by atoms with Gasteiger partial charge in [0.15, 0.2) is 12.4 Å². The molecule has 0 bridgehead atoms. The van der Waals surface area contributed by atoms with Crippen LogP contribution in [0.1, 0.15) is 11.3 Å². The van der Waals surface area contributed by atoms with Crippen molar-refractivity contribution in [2.75, 3.05) is 6.61 Å². The third-order valence-electron chi connectivity index (χ3n) is 2.67. The number of oxime groups is 1. The van der Waals surface area contributed by atoms with Gasteiger partial charge in [-0.1, -0.05) is 5.16 Å². The summed E-state index contributed by atoms with van der Waals surface area (Å²) in [4.78, 5) is 11.6. The summed E-state index contributed by atoms with van der Waals surface area (Å²) in [5.74, 6) is 0.939. The predicted octanol–water partition coefficient (Wildman–Crippen LogP) is 1.07. The highest BCUT2D eigenvalue weighted by molar-refractivity contribution is 5.97. The lowest BCUT2D eigenvalue weighted by Gasteiger charge is -2.07. The molecule has 2 rings (SSSR count). The van der Waals surface area contributed by atoms with Crippen molar-refractivity contribution in [3.8, 4) is 5.75 Å². The fourth-order valence-electron chi connectivity index (χ4n) is 1.58. The number of nitrogens with two attached hydrogens (primary N) is 1. The van der Waals surface area contributed by atoms with Crippen LogP contribution in [0, 0.1) is 0 Å². The number of nitrogens with one attached hydrogen (secondary N) is 1. The molecule has 0 saturated heterocycles. The van der Waals surface area contributed by atoms with Gasteiger partial charge < -0.3 is 25.4 Å². The molecule has 21 heavy (non-hydrogen) atoms. The monoisotopic (exact) mass is 289 g/mol. The third kappa shape index (κ3) is 4.27. The Balaban J connectivity index is 1.78. The molecule has 0 atom stereocenters. The van der Waals surface area contributed by atoms with Gasteiger partial charge in [-0.3, -0.25) is 4.79 Å². The zero-order valence-electron chi connectivity index (χ0n) is 11.2. The van der Waals surface area contributed by atoms with Crippen LogP contribution >= 0.6 is 0 Å². The summed E-state index contributed by atoms with van der Waals surface area (Å²) < 4.78 is 10.4. The van der Waals surface area contributed by atoms with Crippen LogP contribution in [0.3, 0.4) is 0 Å². The molecule has 2 aromatic rings. The molecule has 1 amide bonds. The number of carbonyl (C=O) groups is 1. The summed E-state index contributed by atoms with van der Waals surface area (Å²) in [7, 11) is 0. The first-order valence-corrected chi connectivity index (χ1v) is 6.19. The Kier molecular flexibility index (Phi) is 4.81. The number of hydrogen-bond donors (Lipinski definition) is 3. The van der Waals surface area contributed by atoms with Gasteiger partial charge in [-0.05, 0) is 36.4 Å². The number of rotatable bonds is 6. The van der Waals surface area contributed by atoms with Crippen LogP contribution in [0.15, 0.2) is 52.2 Å². The van der Waals surface area contributed by atoms with Gasteiger partial charge in [-0.2, -0.15) is 0 Å². The predicted molar refractivity (Wildman–Crippen MR) is 75.0 cm³/mol. The molecule has 1 aromatic carbocycles. The number of carbonyl (C=O) groups excluding carboxylic acids is 1. The highest BCUT2D eigenvalue weighted by Crippen LogP contribution is 2.11. The van der Waals surface area contributed by atoms with E-state index in [0.29, 0.717) is 23.6 Å². The Morgan fingerprint density at radius 2 is 2.10 bits per heavy atom. The minimum Gasteiger partial charge on any atom is -0.484 e. The van der Waals surface area contributed by atoms with E-state index in [1.807, 2.05) is 0 Å². The van der Waals surface area contributed by atoms with Crippen LogP contribution in [-0.4, -0.2) is 23.6 Å². The summed E-state index contributed by atoms with van der Waals surface area (Å²) in [5.41, 5.74) is 6.00. The number of benzene rings is 1. The van der Waals surface area contributed by atoms with Crippen molar-refractivity contribution in [2.24, 2.45) is 10.9 Å². The average molecular weight is 289 g/mol. The van der Waals surface area contributed by atoms with E-state index in [1.54, 1.807) is 42.7 Å². The van der Waals surface area contributed by atoms with Crippen molar-refractivity contribution in [1.82, 2.24) is 5.32 Å². The molecule has 0 aliphatic carbocycles. The molecular weight excluding hydrogens is 274 g/mol. The van der Waals surface area contributed by atoms with Crippen molar-refractivity contribution in [3.05, 3.63) is 54.0 Å². The van der Waals surface area contributed by atoms with Gasteiger partial charge in [-0.15, -0.1) is 0 Å². The highest BCUT2D eigenvalue weighted by Gasteiger charge is 2.05. The van der Waals surface area contributed by atoms with E-state index in [1.165, 1.54) is 0 Å². The van der Waals surface area contributed by atoms with Gasteiger partial charge in [0.2, 0.25) is 0 Å². The summed E-state index contributed by atoms with van der Waals surface area (Å²) in [6.07, 6.45) is 1.54. The largest absolute Gasteiger partial charge is 0.484 e. The summed E-state index contributed by atoms with van der Waals surface area (Å²) in [5, 5.41) is 14.1.